The van der Waals surface area contributed by atoms with E-state index in [0.717, 1.165) is 62.2 Å². The van der Waals surface area contributed by atoms with E-state index < -0.39 is 0 Å². The zero-order valence-electron chi connectivity index (χ0n) is 14.0. The van der Waals surface area contributed by atoms with Crippen LogP contribution in [0.2, 0.25) is 5.02 Å². The zero-order valence-corrected chi connectivity index (χ0v) is 15.6. The van der Waals surface area contributed by atoms with Crippen molar-refractivity contribution < 1.29 is 9.53 Å². The lowest BCUT2D eigenvalue weighted by molar-refractivity contribution is -0.120. The van der Waals surface area contributed by atoms with Crippen molar-refractivity contribution in [3.05, 3.63) is 23.2 Å². The lowest BCUT2D eigenvalue weighted by Gasteiger charge is -2.30. The fourth-order valence-electron chi connectivity index (χ4n) is 3.74. The molecule has 1 aromatic carbocycles. The first-order valence-electron chi connectivity index (χ1n) is 8.88. The molecule has 0 saturated carbocycles. The number of thiazole rings is 1. The van der Waals surface area contributed by atoms with Crippen molar-refractivity contribution >= 4 is 44.2 Å². The number of aromatic nitrogens is 1. The Morgan fingerprint density at radius 1 is 1.36 bits per heavy atom. The SMILES string of the molecule is O=C(Nc1nc2cc(Cl)ccc2s1)[C@@H]1CCCN1CC1CCOCC1. The summed E-state index contributed by atoms with van der Waals surface area (Å²) in [5.41, 5.74) is 0.832. The summed E-state index contributed by atoms with van der Waals surface area (Å²) in [4.78, 5) is 19.6. The average molecular weight is 380 g/mol. The number of nitrogens with one attached hydrogen (secondary N) is 1. The number of hydrogen-bond acceptors (Lipinski definition) is 5. The number of ether oxygens (including phenoxy) is 1. The van der Waals surface area contributed by atoms with E-state index in [1.807, 2.05) is 18.2 Å². The number of carbonyl (C=O) groups excluding carboxylic acids is 1. The van der Waals surface area contributed by atoms with E-state index in [1.54, 1.807) is 0 Å². The summed E-state index contributed by atoms with van der Waals surface area (Å²) >= 11 is 7.50. The summed E-state index contributed by atoms with van der Waals surface area (Å²) in [5, 5.41) is 4.33. The predicted molar refractivity (Wildman–Crippen MR) is 101 cm³/mol. The van der Waals surface area contributed by atoms with Crippen molar-refractivity contribution in [3.63, 3.8) is 0 Å². The maximum atomic E-state index is 12.8. The van der Waals surface area contributed by atoms with Gasteiger partial charge in [0.25, 0.3) is 0 Å². The van der Waals surface area contributed by atoms with Gasteiger partial charge in [-0.2, -0.15) is 0 Å². The normalized spacial score (nSPS) is 22.5. The Morgan fingerprint density at radius 3 is 3.04 bits per heavy atom. The average Bonchev–Trinajstić information content (AvgIpc) is 3.21. The van der Waals surface area contributed by atoms with Crippen LogP contribution in [0.5, 0.6) is 0 Å². The van der Waals surface area contributed by atoms with Gasteiger partial charge in [-0.05, 0) is 56.3 Å². The van der Waals surface area contributed by atoms with Crippen LogP contribution >= 0.6 is 22.9 Å². The van der Waals surface area contributed by atoms with Crippen molar-refractivity contribution in [3.8, 4) is 0 Å². The molecule has 0 aliphatic carbocycles. The van der Waals surface area contributed by atoms with E-state index in [9.17, 15) is 4.79 Å². The second-order valence-electron chi connectivity index (χ2n) is 6.83. The molecule has 5 nitrogen and oxygen atoms in total. The van der Waals surface area contributed by atoms with Crippen LogP contribution in [0.1, 0.15) is 25.7 Å². The molecule has 1 N–H and O–H groups in total. The molecule has 2 saturated heterocycles. The van der Waals surface area contributed by atoms with Gasteiger partial charge in [0, 0.05) is 24.8 Å². The third-order valence-electron chi connectivity index (χ3n) is 5.08. The minimum atomic E-state index is -0.0431. The zero-order chi connectivity index (χ0) is 17.2. The van der Waals surface area contributed by atoms with Gasteiger partial charge in [-0.25, -0.2) is 4.98 Å². The fraction of sp³-hybridized carbons (Fsp3) is 0.556. The van der Waals surface area contributed by atoms with Gasteiger partial charge in [-0.1, -0.05) is 22.9 Å². The Balaban J connectivity index is 1.41. The molecule has 134 valence electrons. The quantitative estimate of drug-likeness (QED) is 0.878. The van der Waals surface area contributed by atoms with Crippen LogP contribution in [-0.4, -0.2) is 48.1 Å². The highest BCUT2D eigenvalue weighted by molar-refractivity contribution is 7.22. The molecule has 2 aliphatic rings. The number of likely N-dealkylation sites (tertiary alicyclic amines) is 1. The number of amides is 1. The molecule has 2 aliphatic heterocycles. The van der Waals surface area contributed by atoms with Gasteiger partial charge < -0.3 is 10.1 Å². The van der Waals surface area contributed by atoms with Crippen molar-refractivity contribution in [2.45, 2.75) is 31.7 Å². The molecule has 1 atom stereocenters. The Hall–Kier alpha value is -1.21. The highest BCUT2D eigenvalue weighted by Gasteiger charge is 2.32. The molecule has 3 heterocycles. The number of halogens is 1. The third kappa shape index (κ3) is 3.97. The van der Waals surface area contributed by atoms with E-state index in [1.165, 1.54) is 11.3 Å². The first-order valence-corrected chi connectivity index (χ1v) is 10.1. The van der Waals surface area contributed by atoms with Crippen LogP contribution in [0.4, 0.5) is 5.13 Å². The molecule has 2 aromatic rings. The second kappa shape index (κ2) is 7.58. The molecule has 0 spiro atoms. The smallest absolute Gasteiger partial charge is 0.243 e. The Morgan fingerprint density at radius 2 is 2.20 bits per heavy atom. The van der Waals surface area contributed by atoms with Crippen LogP contribution in [-0.2, 0) is 9.53 Å². The maximum absolute atomic E-state index is 12.8. The summed E-state index contributed by atoms with van der Waals surface area (Å²) < 4.78 is 6.47. The molecule has 1 amide bonds. The topological polar surface area (TPSA) is 54.5 Å². The summed E-state index contributed by atoms with van der Waals surface area (Å²) in [6, 6.07) is 5.58. The highest BCUT2D eigenvalue weighted by Crippen LogP contribution is 2.29. The van der Waals surface area contributed by atoms with Gasteiger partial charge in [-0.15, -0.1) is 0 Å². The van der Waals surface area contributed by atoms with Crippen LogP contribution in [0, 0.1) is 5.92 Å². The number of carbonyl (C=O) groups is 1. The number of nitrogens with zero attached hydrogens (tertiary/aromatic N) is 2. The molecular weight excluding hydrogens is 358 g/mol. The predicted octanol–water partition coefficient (Wildman–Crippen LogP) is 3.78. The lowest BCUT2D eigenvalue weighted by Crippen LogP contribution is -2.42. The highest BCUT2D eigenvalue weighted by atomic mass is 35.5. The number of fused-ring (bicyclic) bond motifs is 1. The van der Waals surface area contributed by atoms with E-state index in [0.29, 0.717) is 16.1 Å². The standard InChI is InChI=1S/C18H22ClN3O2S/c19-13-3-4-16-14(10-13)20-18(25-16)21-17(23)15-2-1-7-22(15)11-12-5-8-24-9-6-12/h3-4,10,12,15H,1-2,5-9,11H2,(H,20,21,23)/t15-/m0/s1. The summed E-state index contributed by atoms with van der Waals surface area (Å²) in [7, 11) is 0. The van der Waals surface area contributed by atoms with Crippen LogP contribution in [0.25, 0.3) is 10.2 Å². The Kier molecular flexibility index (Phi) is 5.22. The Bertz CT molecular complexity index is 760. The third-order valence-corrected chi connectivity index (χ3v) is 6.27. The van der Waals surface area contributed by atoms with Crippen LogP contribution < -0.4 is 5.32 Å². The number of rotatable bonds is 4. The van der Waals surface area contributed by atoms with Crippen molar-refractivity contribution in [2.75, 3.05) is 31.6 Å². The first kappa shape index (κ1) is 17.2. The van der Waals surface area contributed by atoms with Gasteiger partial charge in [0.2, 0.25) is 5.91 Å². The molecule has 0 bridgehead atoms. The Labute approximate surface area is 156 Å². The van der Waals surface area contributed by atoms with Crippen molar-refractivity contribution in [1.82, 2.24) is 9.88 Å². The number of anilines is 1. The monoisotopic (exact) mass is 379 g/mol. The lowest BCUT2D eigenvalue weighted by atomic mass is 9.99. The molecule has 2 fully saturated rings. The minimum absolute atomic E-state index is 0.0431. The number of benzene rings is 1. The first-order chi connectivity index (χ1) is 12.2. The van der Waals surface area contributed by atoms with E-state index >= 15 is 0 Å². The molecular formula is C18H22ClN3O2S. The molecule has 4 rings (SSSR count). The molecule has 25 heavy (non-hydrogen) atoms. The summed E-state index contributed by atoms with van der Waals surface area (Å²) in [6.07, 6.45) is 4.20. The molecule has 1 aromatic heterocycles. The van der Waals surface area contributed by atoms with Gasteiger partial charge in [0.1, 0.15) is 0 Å². The molecule has 0 radical (unpaired) electrons. The van der Waals surface area contributed by atoms with E-state index in [-0.39, 0.29) is 11.9 Å². The van der Waals surface area contributed by atoms with E-state index in [4.69, 9.17) is 16.3 Å². The minimum Gasteiger partial charge on any atom is -0.381 e. The fourth-order valence-corrected chi connectivity index (χ4v) is 4.76. The molecule has 0 unspecified atom stereocenters. The van der Waals surface area contributed by atoms with Crippen LogP contribution in [0.3, 0.4) is 0 Å². The van der Waals surface area contributed by atoms with Gasteiger partial charge in [0.05, 0.1) is 16.3 Å². The van der Waals surface area contributed by atoms with Gasteiger partial charge >= 0.3 is 0 Å². The molecule has 7 heteroatoms. The number of hydrogen-bond donors (Lipinski definition) is 1. The van der Waals surface area contributed by atoms with Crippen LogP contribution in [0.15, 0.2) is 18.2 Å². The van der Waals surface area contributed by atoms with Gasteiger partial charge in [-0.3, -0.25) is 9.69 Å². The summed E-state index contributed by atoms with van der Waals surface area (Å²) in [6.45, 7) is 3.70. The van der Waals surface area contributed by atoms with Crippen molar-refractivity contribution in [2.24, 2.45) is 5.92 Å². The van der Waals surface area contributed by atoms with Gasteiger partial charge in [0.15, 0.2) is 5.13 Å². The summed E-state index contributed by atoms with van der Waals surface area (Å²) in [5.74, 6) is 0.710. The van der Waals surface area contributed by atoms with E-state index in [2.05, 4.69) is 15.2 Å². The maximum Gasteiger partial charge on any atom is 0.243 e. The second-order valence-corrected chi connectivity index (χ2v) is 8.30. The largest absolute Gasteiger partial charge is 0.381 e. The van der Waals surface area contributed by atoms with Crippen molar-refractivity contribution in [1.29, 1.82) is 0 Å².